The van der Waals surface area contributed by atoms with E-state index in [1.807, 2.05) is 0 Å². The van der Waals surface area contributed by atoms with Crippen LogP contribution in [0.15, 0.2) is 6.07 Å². The standard InChI is InChI=1S/C8H5ClF2INO/c9-2-4-1-6(12)13-7(8(10)11)5(4)3-14/h1,3,8H,2H2. The van der Waals surface area contributed by atoms with E-state index in [4.69, 9.17) is 11.6 Å². The second-order valence-electron chi connectivity index (χ2n) is 2.46. The van der Waals surface area contributed by atoms with Crippen molar-refractivity contribution in [2.24, 2.45) is 0 Å². The van der Waals surface area contributed by atoms with Gasteiger partial charge in [0.05, 0.1) is 0 Å². The van der Waals surface area contributed by atoms with Gasteiger partial charge in [0.2, 0.25) is 0 Å². The highest BCUT2D eigenvalue weighted by Gasteiger charge is 2.18. The molecule has 0 atom stereocenters. The predicted octanol–water partition coefficient (Wildman–Crippen LogP) is 3.18. The van der Waals surface area contributed by atoms with E-state index in [9.17, 15) is 13.6 Å². The molecule has 1 aromatic rings. The summed E-state index contributed by atoms with van der Waals surface area (Å²) in [5.41, 5.74) is -0.214. The summed E-state index contributed by atoms with van der Waals surface area (Å²) in [6.07, 6.45) is -2.39. The zero-order chi connectivity index (χ0) is 10.7. The Morgan fingerprint density at radius 1 is 1.64 bits per heavy atom. The van der Waals surface area contributed by atoms with Gasteiger partial charge in [0, 0.05) is 11.4 Å². The van der Waals surface area contributed by atoms with Crippen LogP contribution in [0.25, 0.3) is 0 Å². The highest BCUT2D eigenvalue weighted by molar-refractivity contribution is 14.1. The van der Waals surface area contributed by atoms with E-state index in [1.54, 1.807) is 22.6 Å². The summed E-state index contributed by atoms with van der Waals surface area (Å²) in [5, 5.41) is 0. The van der Waals surface area contributed by atoms with E-state index < -0.39 is 12.1 Å². The lowest BCUT2D eigenvalue weighted by molar-refractivity contribution is 0.110. The number of alkyl halides is 3. The van der Waals surface area contributed by atoms with E-state index >= 15 is 0 Å². The topological polar surface area (TPSA) is 30.0 Å². The van der Waals surface area contributed by atoms with Crippen molar-refractivity contribution in [2.75, 3.05) is 0 Å². The van der Waals surface area contributed by atoms with Crippen LogP contribution in [-0.4, -0.2) is 11.3 Å². The van der Waals surface area contributed by atoms with Crippen LogP contribution in [0.4, 0.5) is 8.78 Å². The molecule has 14 heavy (non-hydrogen) atoms. The molecule has 2 nitrogen and oxygen atoms in total. The minimum absolute atomic E-state index is 0.0202. The minimum atomic E-state index is -2.76. The van der Waals surface area contributed by atoms with Crippen molar-refractivity contribution in [3.05, 3.63) is 26.6 Å². The second kappa shape index (κ2) is 4.97. The molecule has 0 saturated carbocycles. The maximum absolute atomic E-state index is 12.4. The lowest BCUT2D eigenvalue weighted by Gasteiger charge is -2.07. The van der Waals surface area contributed by atoms with Gasteiger partial charge in [-0.1, -0.05) is 0 Å². The van der Waals surface area contributed by atoms with Crippen LogP contribution in [-0.2, 0) is 5.88 Å². The number of nitrogens with zero attached hydrogens (tertiary/aromatic N) is 1. The molecule has 0 bridgehead atoms. The van der Waals surface area contributed by atoms with Gasteiger partial charge in [-0.15, -0.1) is 11.6 Å². The third-order valence-electron chi connectivity index (χ3n) is 1.61. The molecule has 0 aliphatic rings. The maximum atomic E-state index is 12.4. The molecule has 1 heterocycles. The third kappa shape index (κ3) is 2.38. The lowest BCUT2D eigenvalue weighted by atomic mass is 10.1. The van der Waals surface area contributed by atoms with Gasteiger partial charge in [0.25, 0.3) is 6.43 Å². The van der Waals surface area contributed by atoms with E-state index in [0.29, 0.717) is 15.6 Å². The summed E-state index contributed by atoms with van der Waals surface area (Å²) in [5.74, 6) is 0.0202. The first-order valence-electron chi connectivity index (χ1n) is 3.58. The first kappa shape index (κ1) is 11.8. The van der Waals surface area contributed by atoms with Crippen LogP contribution in [0.5, 0.6) is 0 Å². The number of halogens is 4. The summed E-state index contributed by atoms with van der Waals surface area (Å²) in [4.78, 5) is 14.2. The summed E-state index contributed by atoms with van der Waals surface area (Å²) < 4.78 is 25.3. The van der Waals surface area contributed by atoms with Crippen molar-refractivity contribution >= 4 is 40.5 Å². The normalized spacial score (nSPS) is 10.6. The number of hydrogen-bond acceptors (Lipinski definition) is 2. The number of carbonyl (C=O) groups excluding carboxylic acids is 1. The maximum Gasteiger partial charge on any atom is 0.281 e. The smallest absolute Gasteiger partial charge is 0.281 e. The van der Waals surface area contributed by atoms with Crippen LogP contribution in [0.3, 0.4) is 0 Å². The third-order valence-corrected chi connectivity index (χ3v) is 2.45. The van der Waals surface area contributed by atoms with Crippen molar-refractivity contribution in [1.29, 1.82) is 0 Å². The van der Waals surface area contributed by atoms with Crippen molar-refractivity contribution < 1.29 is 13.6 Å². The molecule has 0 radical (unpaired) electrons. The van der Waals surface area contributed by atoms with Gasteiger partial charge in [0.15, 0.2) is 6.29 Å². The average molecular weight is 331 g/mol. The van der Waals surface area contributed by atoms with Gasteiger partial charge in [-0.05, 0) is 34.2 Å². The Kier molecular flexibility index (Phi) is 4.18. The van der Waals surface area contributed by atoms with E-state index in [-0.39, 0.29) is 11.4 Å². The highest BCUT2D eigenvalue weighted by Crippen LogP contribution is 2.24. The molecule has 0 N–H and O–H groups in total. The highest BCUT2D eigenvalue weighted by atomic mass is 127. The molecule has 0 fully saturated rings. The van der Waals surface area contributed by atoms with Crippen molar-refractivity contribution in [2.45, 2.75) is 12.3 Å². The van der Waals surface area contributed by atoms with Crippen LogP contribution < -0.4 is 0 Å². The first-order chi connectivity index (χ1) is 6.60. The molecular weight excluding hydrogens is 326 g/mol. The number of aldehydes is 1. The molecule has 0 unspecified atom stereocenters. The van der Waals surface area contributed by atoms with Crippen LogP contribution >= 0.6 is 34.2 Å². The van der Waals surface area contributed by atoms with Gasteiger partial charge >= 0.3 is 0 Å². The Hall–Kier alpha value is -0.300. The number of rotatable bonds is 3. The number of hydrogen-bond donors (Lipinski definition) is 0. The summed E-state index contributed by atoms with van der Waals surface area (Å²) in [6, 6.07) is 1.52. The van der Waals surface area contributed by atoms with Gasteiger partial charge in [0.1, 0.15) is 9.39 Å². The Labute approximate surface area is 97.8 Å². The van der Waals surface area contributed by atoms with E-state index in [1.165, 1.54) is 6.07 Å². The van der Waals surface area contributed by atoms with Gasteiger partial charge in [-0.25, -0.2) is 13.8 Å². The van der Waals surface area contributed by atoms with Crippen molar-refractivity contribution in [3.8, 4) is 0 Å². The molecule has 0 aromatic carbocycles. The zero-order valence-electron chi connectivity index (χ0n) is 6.81. The SMILES string of the molecule is O=Cc1c(CCl)cc(I)nc1C(F)F. The summed E-state index contributed by atoms with van der Waals surface area (Å²) >= 11 is 7.33. The van der Waals surface area contributed by atoms with Crippen LogP contribution in [0.2, 0.25) is 0 Å². The number of carbonyl (C=O) groups is 1. The van der Waals surface area contributed by atoms with E-state index in [2.05, 4.69) is 4.98 Å². The fraction of sp³-hybridized carbons (Fsp3) is 0.250. The van der Waals surface area contributed by atoms with E-state index in [0.717, 1.165) is 0 Å². The molecular formula is C8H5ClF2INO. The van der Waals surface area contributed by atoms with Crippen molar-refractivity contribution in [1.82, 2.24) is 4.98 Å². The largest absolute Gasteiger partial charge is 0.298 e. The average Bonchev–Trinajstić information content (AvgIpc) is 2.16. The van der Waals surface area contributed by atoms with Gasteiger partial charge in [-0.2, -0.15) is 0 Å². The van der Waals surface area contributed by atoms with Gasteiger partial charge in [-0.3, -0.25) is 4.79 Å². The minimum Gasteiger partial charge on any atom is -0.298 e. The van der Waals surface area contributed by atoms with Crippen molar-refractivity contribution in [3.63, 3.8) is 0 Å². The molecule has 0 aliphatic carbocycles. The van der Waals surface area contributed by atoms with Crippen LogP contribution in [0.1, 0.15) is 28.0 Å². The summed E-state index contributed by atoms with van der Waals surface area (Å²) in [7, 11) is 0. The molecule has 0 spiro atoms. The molecule has 0 amide bonds. The Balaban J connectivity index is 3.39. The van der Waals surface area contributed by atoms with Gasteiger partial charge < -0.3 is 0 Å². The quantitative estimate of drug-likeness (QED) is 0.368. The zero-order valence-corrected chi connectivity index (χ0v) is 9.72. The molecule has 6 heteroatoms. The molecule has 1 rings (SSSR count). The molecule has 0 saturated heterocycles. The first-order valence-corrected chi connectivity index (χ1v) is 5.20. The predicted molar refractivity (Wildman–Crippen MR) is 56.9 cm³/mol. The number of aromatic nitrogens is 1. The fourth-order valence-corrected chi connectivity index (χ4v) is 1.86. The molecule has 0 aliphatic heterocycles. The lowest BCUT2D eigenvalue weighted by Crippen LogP contribution is -2.03. The van der Waals surface area contributed by atoms with Crippen LogP contribution in [0, 0.1) is 3.70 Å². The molecule has 1 aromatic heterocycles. The monoisotopic (exact) mass is 331 g/mol. The molecule has 76 valence electrons. The summed E-state index contributed by atoms with van der Waals surface area (Å²) in [6.45, 7) is 0. The Bertz CT molecular complexity index is 359. The number of pyridine rings is 1. The fourth-order valence-electron chi connectivity index (χ4n) is 1.01. The Morgan fingerprint density at radius 3 is 2.71 bits per heavy atom. The second-order valence-corrected chi connectivity index (χ2v) is 3.83. The Morgan fingerprint density at radius 2 is 2.29 bits per heavy atom.